The van der Waals surface area contributed by atoms with Crippen LogP contribution in [0.4, 0.5) is 5.69 Å². The van der Waals surface area contributed by atoms with Gasteiger partial charge in [0.15, 0.2) is 6.10 Å². The molecule has 2 aliphatic rings. The van der Waals surface area contributed by atoms with E-state index in [4.69, 9.17) is 9.47 Å². The minimum Gasteiger partial charge on any atom is -0.376 e. The normalized spacial score (nSPS) is 23.2. The molecule has 0 bridgehead atoms. The molecule has 0 aromatic heterocycles. The molecule has 0 radical (unpaired) electrons. The first kappa shape index (κ1) is 15.8. The lowest BCUT2D eigenvalue weighted by Crippen LogP contribution is -2.39. The van der Waals surface area contributed by atoms with Gasteiger partial charge < -0.3 is 14.8 Å². The predicted octanol–water partition coefficient (Wildman–Crippen LogP) is 1.59. The number of thioether (sulfide) groups is 1. The Hall–Kier alpha value is -1.08. The Labute approximate surface area is 135 Å². The van der Waals surface area contributed by atoms with Crippen molar-refractivity contribution in [1.82, 2.24) is 4.90 Å². The maximum absolute atomic E-state index is 12.3. The van der Waals surface area contributed by atoms with Crippen molar-refractivity contribution < 1.29 is 14.3 Å². The maximum atomic E-state index is 12.3. The standard InChI is InChI=1S/C16H22N2O3S/c19-16(15-12-20-7-8-21-15)17-14-4-2-1-3-13(14)11-18-5-9-22-10-6-18/h1-4,15H,5-12H2,(H,17,19). The van der Waals surface area contributed by atoms with Crippen molar-refractivity contribution in [2.45, 2.75) is 12.6 Å². The summed E-state index contributed by atoms with van der Waals surface area (Å²) in [5.74, 6) is 2.24. The van der Waals surface area contributed by atoms with Gasteiger partial charge in [0.1, 0.15) is 0 Å². The minimum absolute atomic E-state index is 0.124. The lowest BCUT2D eigenvalue weighted by Gasteiger charge is -2.27. The topological polar surface area (TPSA) is 50.8 Å². The van der Waals surface area contributed by atoms with Crippen molar-refractivity contribution in [2.75, 3.05) is 49.7 Å². The Morgan fingerprint density at radius 3 is 2.86 bits per heavy atom. The van der Waals surface area contributed by atoms with E-state index in [0.29, 0.717) is 19.8 Å². The zero-order valence-corrected chi connectivity index (χ0v) is 13.4. The van der Waals surface area contributed by atoms with E-state index < -0.39 is 6.10 Å². The number of para-hydroxylation sites is 1. The monoisotopic (exact) mass is 322 g/mol. The number of ether oxygens (including phenoxy) is 2. The molecule has 0 aliphatic carbocycles. The van der Waals surface area contributed by atoms with Crippen molar-refractivity contribution in [2.24, 2.45) is 0 Å². The second-order valence-electron chi connectivity index (χ2n) is 5.47. The van der Waals surface area contributed by atoms with Gasteiger partial charge >= 0.3 is 0 Å². The number of amides is 1. The van der Waals surface area contributed by atoms with Crippen LogP contribution in [0.3, 0.4) is 0 Å². The Balaban J connectivity index is 1.63. The molecule has 1 aromatic carbocycles. The number of hydrogen-bond acceptors (Lipinski definition) is 5. The molecule has 1 atom stereocenters. The van der Waals surface area contributed by atoms with Crippen LogP contribution in [0.15, 0.2) is 24.3 Å². The smallest absolute Gasteiger partial charge is 0.255 e. The maximum Gasteiger partial charge on any atom is 0.255 e. The Bertz CT molecular complexity index is 500. The summed E-state index contributed by atoms with van der Waals surface area (Å²) in [7, 11) is 0. The van der Waals surface area contributed by atoms with Crippen LogP contribution in [-0.4, -0.2) is 61.3 Å². The number of nitrogens with one attached hydrogen (secondary N) is 1. The molecule has 2 fully saturated rings. The van der Waals surface area contributed by atoms with E-state index in [2.05, 4.69) is 16.3 Å². The Morgan fingerprint density at radius 1 is 1.27 bits per heavy atom. The van der Waals surface area contributed by atoms with Gasteiger partial charge in [-0.1, -0.05) is 18.2 Å². The largest absolute Gasteiger partial charge is 0.376 e. The summed E-state index contributed by atoms with van der Waals surface area (Å²) in [6, 6.07) is 8.00. The molecule has 2 aliphatic heterocycles. The van der Waals surface area contributed by atoms with Gasteiger partial charge in [-0.15, -0.1) is 0 Å². The molecule has 1 N–H and O–H groups in total. The minimum atomic E-state index is -0.506. The summed E-state index contributed by atoms with van der Waals surface area (Å²) >= 11 is 2.00. The molecule has 3 rings (SSSR count). The summed E-state index contributed by atoms with van der Waals surface area (Å²) in [5.41, 5.74) is 2.03. The number of anilines is 1. The van der Waals surface area contributed by atoms with Crippen LogP contribution in [0.1, 0.15) is 5.56 Å². The summed E-state index contributed by atoms with van der Waals surface area (Å²) in [4.78, 5) is 14.7. The lowest BCUT2D eigenvalue weighted by atomic mass is 10.1. The summed E-state index contributed by atoms with van der Waals surface area (Å²) in [5, 5.41) is 2.99. The zero-order chi connectivity index (χ0) is 15.2. The average Bonchev–Trinajstić information content (AvgIpc) is 2.58. The van der Waals surface area contributed by atoms with Crippen molar-refractivity contribution in [3.63, 3.8) is 0 Å². The van der Waals surface area contributed by atoms with Crippen molar-refractivity contribution in [3.8, 4) is 0 Å². The first-order valence-electron chi connectivity index (χ1n) is 7.71. The fourth-order valence-corrected chi connectivity index (χ4v) is 3.61. The van der Waals surface area contributed by atoms with E-state index in [0.717, 1.165) is 30.9 Å². The Kier molecular flexibility index (Phi) is 5.72. The van der Waals surface area contributed by atoms with Gasteiger partial charge in [-0.05, 0) is 11.6 Å². The molecule has 120 valence electrons. The molecule has 22 heavy (non-hydrogen) atoms. The lowest BCUT2D eigenvalue weighted by molar-refractivity contribution is -0.142. The number of benzene rings is 1. The quantitative estimate of drug-likeness (QED) is 0.912. The molecule has 6 heteroatoms. The highest BCUT2D eigenvalue weighted by Crippen LogP contribution is 2.20. The molecule has 0 saturated carbocycles. The third-order valence-electron chi connectivity index (χ3n) is 3.88. The van der Waals surface area contributed by atoms with Crippen LogP contribution in [0.5, 0.6) is 0 Å². The van der Waals surface area contributed by atoms with Crippen LogP contribution in [0, 0.1) is 0 Å². The second-order valence-corrected chi connectivity index (χ2v) is 6.69. The van der Waals surface area contributed by atoms with Crippen molar-refractivity contribution in [3.05, 3.63) is 29.8 Å². The number of carbonyl (C=O) groups excluding carboxylic acids is 1. The van der Waals surface area contributed by atoms with Crippen LogP contribution < -0.4 is 5.32 Å². The third-order valence-corrected chi connectivity index (χ3v) is 4.82. The fraction of sp³-hybridized carbons (Fsp3) is 0.562. The van der Waals surface area contributed by atoms with Crippen LogP contribution in [-0.2, 0) is 20.8 Å². The molecule has 0 spiro atoms. The SMILES string of the molecule is O=C(Nc1ccccc1CN1CCSCC1)C1COCCO1. The predicted molar refractivity (Wildman–Crippen MR) is 88.2 cm³/mol. The first-order valence-corrected chi connectivity index (χ1v) is 8.86. The third kappa shape index (κ3) is 4.23. The highest BCUT2D eigenvalue weighted by Gasteiger charge is 2.23. The second kappa shape index (κ2) is 7.97. The molecular weight excluding hydrogens is 300 g/mol. The van der Waals surface area contributed by atoms with Gasteiger partial charge in [0, 0.05) is 36.8 Å². The summed E-state index contributed by atoms with van der Waals surface area (Å²) < 4.78 is 10.7. The zero-order valence-electron chi connectivity index (χ0n) is 12.6. The van der Waals surface area contributed by atoms with Gasteiger partial charge in [-0.3, -0.25) is 9.69 Å². The van der Waals surface area contributed by atoms with E-state index in [9.17, 15) is 4.79 Å². The number of hydrogen-bond donors (Lipinski definition) is 1. The van der Waals surface area contributed by atoms with Gasteiger partial charge in [-0.2, -0.15) is 11.8 Å². The molecule has 1 aromatic rings. The van der Waals surface area contributed by atoms with Crippen molar-refractivity contribution >= 4 is 23.4 Å². The van der Waals surface area contributed by atoms with E-state index >= 15 is 0 Å². The fourth-order valence-electron chi connectivity index (χ4n) is 2.63. The van der Waals surface area contributed by atoms with E-state index in [1.165, 1.54) is 11.5 Å². The Morgan fingerprint density at radius 2 is 2.09 bits per heavy atom. The van der Waals surface area contributed by atoms with Crippen LogP contribution in [0.2, 0.25) is 0 Å². The molecule has 1 unspecified atom stereocenters. The average molecular weight is 322 g/mol. The van der Waals surface area contributed by atoms with Gasteiger partial charge in [-0.25, -0.2) is 0 Å². The number of nitrogens with zero attached hydrogens (tertiary/aromatic N) is 1. The summed E-state index contributed by atoms with van der Waals surface area (Å²) in [6.45, 7) is 4.45. The van der Waals surface area contributed by atoms with E-state index in [1.54, 1.807) is 0 Å². The van der Waals surface area contributed by atoms with Gasteiger partial charge in [0.05, 0.1) is 19.8 Å². The van der Waals surface area contributed by atoms with Crippen LogP contribution >= 0.6 is 11.8 Å². The van der Waals surface area contributed by atoms with Gasteiger partial charge in [0.25, 0.3) is 5.91 Å². The molecular formula is C16H22N2O3S. The molecule has 2 saturated heterocycles. The number of carbonyl (C=O) groups is 1. The molecule has 1 amide bonds. The number of rotatable bonds is 4. The van der Waals surface area contributed by atoms with Crippen LogP contribution in [0.25, 0.3) is 0 Å². The molecule has 5 nitrogen and oxygen atoms in total. The first-order chi connectivity index (χ1) is 10.8. The van der Waals surface area contributed by atoms with Gasteiger partial charge in [0.2, 0.25) is 0 Å². The van der Waals surface area contributed by atoms with Crippen molar-refractivity contribution in [1.29, 1.82) is 0 Å². The van der Waals surface area contributed by atoms with E-state index in [1.807, 2.05) is 30.0 Å². The molecule has 2 heterocycles. The summed E-state index contributed by atoms with van der Waals surface area (Å²) in [6.07, 6.45) is -0.506. The highest BCUT2D eigenvalue weighted by molar-refractivity contribution is 7.99. The highest BCUT2D eigenvalue weighted by atomic mass is 32.2. The van der Waals surface area contributed by atoms with E-state index in [-0.39, 0.29) is 5.91 Å².